The average Bonchev–Trinajstić information content (AvgIpc) is 3.51. The van der Waals surface area contributed by atoms with Crippen molar-refractivity contribution in [2.75, 3.05) is 26.8 Å². The number of carboxylic acid groups (broad SMARTS) is 1. The lowest BCUT2D eigenvalue weighted by Crippen LogP contribution is -2.39. The lowest BCUT2D eigenvalue weighted by atomic mass is 9.86. The first kappa shape index (κ1) is 22.9. The number of H-pyrrole nitrogens is 1. The molecule has 2 aliphatic rings. The quantitative estimate of drug-likeness (QED) is 0.583. The molecule has 2 aliphatic heterocycles. The number of fused-ring (bicyclic) bond motifs is 2. The van der Waals surface area contributed by atoms with Gasteiger partial charge >= 0.3 is 6.09 Å². The Morgan fingerprint density at radius 1 is 1.29 bits per heavy atom. The van der Waals surface area contributed by atoms with Crippen LogP contribution in [0.3, 0.4) is 0 Å². The molecule has 0 radical (unpaired) electrons. The van der Waals surface area contributed by atoms with Crippen LogP contribution in [0.4, 0.5) is 4.79 Å². The van der Waals surface area contributed by atoms with Crippen LogP contribution < -0.4 is 0 Å². The van der Waals surface area contributed by atoms with Gasteiger partial charge < -0.3 is 24.6 Å². The van der Waals surface area contributed by atoms with Gasteiger partial charge in [-0.1, -0.05) is 6.07 Å². The third-order valence-corrected chi connectivity index (χ3v) is 7.07. The van der Waals surface area contributed by atoms with Gasteiger partial charge in [-0.05, 0) is 59.2 Å². The molecule has 0 spiro atoms. The minimum Gasteiger partial charge on any atom is -0.465 e. The van der Waals surface area contributed by atoms with Crippen LogP contribution in [0.2, 0.25) is 0 Å². The summed E-state index contributed by atoms with van der Waals surface area (Å²) in [5.74, 6) is -0.0678. The molecular formula is C26H27N5O4. The number of aromatic amines is 1. The molecule has 2 amide bonds. The van der Waals surface area contributed by atoms with E-state index in [1.165, 1.54) is 12.0 Å². The van der Waals surface area contributed by atoms with Crippen LogP contribution in [0.15, 0.2) is 30.6 Å². The van der Waals surface area contributed by atoms with Gasteiger partial charge in [0.25, 0.3) is 0 Å². The van der Waals surface area contributed by atoms with E-state index in [-0.39, 0.29) is 18.6 Å². The van der Waals surface area contributed by atoms with Gasteiger partial charge in [-0.2, -0.15) is 5.26 Å². The third-order valence-electron chi connectivity index (χ3n) is 7.07. The van der Waals surface area contributed by atoms with E-state index in [1.54, 1.807) is 11.1 Å². The molecular weight excluding hydrogens is 446 g/mol. The Morgan fingerprint density at radius 3 is 2.91 bits per heavy atom. The number of nitriles is 1. The Labute approximate surface area is 202 Å². The monoisotopic (exact) mass is 473 g/mol. The molecule has 1 atom stereocenters. The van der Waals surface area contributed by atoms with Crippen LogP contribution >= 0.6 is 0 Å². The summed E-state index contributed by atoms with van der Waals surface area (Å²) >= 11 is 0. The number of amides is 2. The summed E-state index contributed by atoms with van der Waals surface area (Å²) < 4.78 is 5.05. The van der Waals surface area contributed by atoms with E-state index in [2.05, 4.69) is 28.2 Å². The van der Waals surface area contributed by atoms with E-state index in [4.69, 9.17) is 10.00 Å². The fraction of sp³-hybridized carbons (Fsp3) is 0.385. The maximum absolute atomic E-state index is 12.5. The first-order valence-electron chi connectivity index (χ1n) is 11.8. The summed E-state index contributed by atoms with van der Waals surface area (Å²) in [4.78, 5) is 35.5. The maximum Gasteiger partial charge on any atom is 0.407 e. The fourth-order valence-electron chi connectivity index (χ4n) is 5.36. The van der Waals surface area contributed by atoms with Gasteiger partial charge in [-0.3, -0.25) is 4.79 Å². The number of pyridine rings is 1. The van der Waals surface area contributed by atoms with Crippen molar-refractivity contribution in [3.63, 3.8) is 0 Å². The van der Waals surface area contributed by atoms with Gasteiger partial charge in [0.15, 0.2) is 0 Å². The molecule has 2 aromatic heterocycles. The highest BCUT2D eigenvalue weighted by Crippen LogP contribution is 2.40. The number of hydrogen-bond donors (Lipinski definition) is 2. The molecule has 1 fully saturated rings. The number of hydrogen-bond acceptors (Lipinski definition) is 5. The van der Waals surface area contributed by atoms with E-state index in [0.717, 1.165) is 57.3 Å². The number of likely N-dealkylation sites (tertiary alicyclic amines) is 1. The summed E-state index contributed by atoms with van der Waals surface area (Å²) in [6.45, 7) is 1.56. The van der Waals surface area contributed by atoms with Crippen LogP contribution in [0, 0.1) is 11.3 Å². The van der Waals surface area contributed by atoms with E-state index in [9.17, 15) is 14.7 Å². The number of benzene rings is 1. The molecule has 9 heteroatoms. The fourth-order valence-corrected chi connectivity index (χ4v) is 5.36. The number of rotatable bonds is 5. The molecule has 0 saturated carbocycles. The topological polar surface area (TPSA) is 123 Å². The standard InChI is InChI=1S/C26H27N5O4/c1-35-15-24(32)30-8-5-16-9-18(19-11-20-17(4-6-27)12-28-25(20)29-13-19)10-21(22(16)14-30)23-3-2-7-31(23)26(33)34/h9-13,23H,2-5,7-8,14-15H2,1H3,(H,28,29)(H,33,34). The molecule has 1 aromatic carbocycles. The Morgan fingerprint density at radius 2 is 2.14 bits per heavy atom. The number of carbonyl (C=O) groups is 2. The molecule has 180 valence electrons. The zero-order valence-electron chi connectivity index (χ0n) is 19.6. The summed E-state index contributed by atoms with van der Waals surface area (Å²) in [5.41, 5.74) is 6.63. The Kier molecular flexibility index (Phi) is 6.14. The number of nitrogens with zero attached hydrogens (tertiary/aromatic N) is 4. The van der Waals surface area contributed by atoms with Crippen molar-refractivity contribution >= 4 is 23.0 Å². The number of ether oxygens (including phenoxy) is 1. The van der Waals surface area contributed by atoms with E-state index >= 15 is 0 Å². The molecule has 2 N–H and O–H groups in total. The van der Waals surface area contributed by atoms with Crippen molar-refractivity contribution < 1.29 is 19.4 Å². The predicted molar refractivity (Wildman–Crippen MR) is 129 cm³/mol. The van der Waals surface area contributed by atoms with Gasteiger partial charge in [0, 0.05) is 50.1 Å². The lowest BCUT2D eigenvalue weighted by Gasteiger charge is -2.33. The Balaban J connectivity index is 1.61. The zero-order valence-corrected chi connectivity index (χ0v) is 19.6. The summed E-state index contributed by atoms with van der Waals surface area (Å²) in [7, 11) is 1.51. The van der Waals surface area contributed by atoms with E-state index < -0.39 is 6.09 Å². The van der Waals surface area contributed by atoms with Crippen LogP contribution in [0.1, 0.15) is 41.1 Å². The van der Waals surface area contributed by atoms with Crippen LogP contribution in [0.5, 0.6) is 0 Å². The minimum atomic E-state index is -0.925. The molecule has 3 aromatic rings. The number of carbonyl (C=O) groups excluding carboxylic acids is 1. The van der Waals surface area contributed by atoms with Crippen molar-refractivity contribution in [2.24, 2.45) is 0 Å². The highest BCUT2D eigenvalue weighted by molar-refractivity contribution is 5.85. The van der Waals surface area contributed by atoms with Crippen molar-refractivity contribution in [2.45, 2.75) is 38.3 Å². The number of aromatic nitrogens is 2. The van der Waals surface area contributed by atoms with Crippen molar-refractivity contribution in [1.82, 2.24) is 19.8 Å². The molecule has 0 bridgehead atoms. The van der Waals surface area contributed by atoms with E-state index in [1.807, 2.05) is 12.3 Å². The molecule has 0 aliphatic carbocycles. The second-order valence-electron chi connectivity index (χ2n) is 9.10. The van der Waals surface area contributed by atoms with Gasteiger partial charge in [0.1, 0.15) is 12.3 Å². The second-order valence-corrected chi connectivity index (χ2v) is 9.10. The first-order valence-corrected chi connectivity index (χ1v) is 11.8. The van der Waals surface area contributed by atoms with Crippen molar-refractivity contribution in [3.8, 4) is 17.2 Å². The zero-order chi connectivity index (χ0) is 24.5. The predicted octanol–water partition coefficient (Wildman–Crippen LogP) is 3.64. The Hall–Kier alpha value is -3.90. The van der Waals surface area contributed by atoms with E-state index in [0.29, 0.717) is 32.5 Å². The highest BCUT2D eigenvalue weighted by Gasteiger charge is 2.34. The first-order chi connectivity index (χ1) is 17.0. The summed E-state index contributed by atoms with van der Waals surface area (Å²) in [5, 5.41) is 19.9. The Bertz CT molecular complexity index is 1340. The molecule has 9 nitrogen and oxygen atoms in total. The third kappa shape index (κ3) is 4.21. The summed E-state index contributed by atoms with van der Waals surface area (Å²) in [6, 6.07) is 8.18. The van der Waals surface area contributed by atoms with Gasteiger partial charge in [0.05, 0.1) is 18.5 Å². The van der Waals surface area contributed by atoms with Gasteiger partial charge in [0.2, 0.25) is 5.91 Å². The van der Waals surface area contributed by atoms with Gasteiger partial charge in [-0.15, -0.1) is 0 Å². The SMILES string of the molecule is COCC(=O)N1CCc2cc(-c3cnc4[nH]cc(CC#N)c4c3)cc(C3CCCN3C(=O)O)c2C1. The molecule has 1 saturated heterocycles. The molecule has 5 rings (SSSR count). The largest absolute Gasteiger partial charge is 0.465 e. The summed E-state index contributed by atoms with van der Waals surface area (Å²) in [6.07, 6.45) is 5.23. The average molecular weight is 474 g/mol. The van der Waals surface area contributed by atoms with Crippen molar-refractivity contribution in [1.29, 1.82) is 5.26 Å². The smallest absolute Gasteiger partial charge is 0.407 e. The molecule has 35 heavy (non-hydrogen) atoms. The number of methoxy groups -OCH3 is 1. The van der Waals surface area contributed by atoms with Crippen LogP contribution in [-0.4, -0.2) is 63.7 Å². The maximum atomic E-state index is 12.5. The number of nitrogens with one attached hydrogen (secondary N) is 1. The minimum absolute atomic E-state index is 0.0286. The van der Waals surface area contributed by atoms with Crippen LogP contribution in [0.25, 0.3) is 22.2 Å². The van der Waals surface area contributed by atoms with Gasteiger partial charge in [-0.25, -0.2) is 9.78 Å². The normalized spacial score (nSPS) is 17.4. The molecule has 4 heterocycles. The lowest BCUT2D eigenvalue weighted by molar-refractivity contribution is -0.136. The highest BCUT2D eigenvalue weighted by atomic mass is 16.5. The van der Waals surface area contributed by atoms with Crippen LogP contribution in [-0.2, 0) is 28.9 Å². The molecule has 1 unspecified atom stereocenters. The second kappa shape index (κ2) is 9.39. The van der Waals surface area contributed by atoms with Crippen molar-refractivity contribution in [3.05, 3.63) is 52.8 Å².